The van der Waals surface area contributed by atoms with E-state index in [0.29, 0.717) is 0 Å². The molecule has 0 amide bonds. The topological polar surface area (TPSA) is 51.0 Å². The lowest BCUT2D eigenvalue weighted by molar-refractivity contribution is 0.283. The van der Waals surface area contributed by atoms with Crippen LogP contribution in [-0.2, 0) is 6.42 Å². The van der Waals surface area contributed by atoms with Crippen molar-refractivity contribution in [3.8, 4) is 11.5 Å². The molecule has 4 heteroatoms. The highest BCUT2D eigenvalue weighted by Crippen LogP contribution is 2.33. The Labute approximate surface area is 120 Å². The van der Waals surface area contributed by atoms with Gasteiger partial charge in [0.2, 0.25) is 0 Å². The zero-order valence-corrected chi connectivity index (χ0v) is 12.3. The van der Waals surface area contributed by atoms with Gasteiger partial charge in [-0.3, -0.25) is 4.99 Å². The van der Waals surface area contributed by atoms with Crippen LogP contribution < -0.4 is 9.47 Å². The molecule has 2 rings (SSSR count). The molecule has 0 atom stereocenters. The van der Waals surface area contributed by atoms with Crippen LogP contribution in [0.3, 0.4) is 0 Å². The van der Waals surface area contributed by atoms with E-state index in [4.69, 9.17) is 14.6 Å². The molecular weight excluding hydrogens is 254 g/mol. The summed E-state index contributed by atoms with van der Waals surface area (Å²) < 4.78 is 10.7. The number of ether oxygens (including phenoxy) is 2. The second-order valence-electron chi connectivity index (χ2n) is 4.98. The first-order valence-corrected chi connectivity index (χ1v) is 7.19. The van der Waals surface area contributed by atoms with Crippen LogP contribution in [0.4, 0.5) is 0 Å². The number of methoxy groups -OCH3 is 2. The molecule has 1 aromatic rings. The van der Waals surface area contributed by atoms with Crippen LogP contribution in [0.5, 0.6) is 11.5 Å². The Morgan fingerprint density at radius 2 is 1.85 bits per heavy atom. The molecule has 1 aliphatic heterocycles. The van der Waals surface area contributed by atoms with Crippen LogP contribution in [0.2, 0.25) is 0 Å². The Balaban J connectivity index is 2.17. The van der Waals surface area contributed by atoms with E-state index in [9.17, 15) is 0 Å². The molecule has 0 aliphatic carbocycles. The number of aliphatic hydroxyl groups excluding tert-OH is 1. The van der Waals surface area contributed by atoms with Crippen molar-refractivity contribution in [2.75, 3.05) is 27.4 Å². The summed E-state index contributed by atoms with van der Waals surface area (Å²) in [7, 11) is 3.32. The minimum absolute atomic E-state index is 0.272. The molecule has 0 radical (unpaired) electrons. The first kappa shape index (κ1) is 14.9. The van der Waals surface area contributed by atoms with Crippen molar-refractivity contribution in [2.45, 2.75) is 32.1 Å². The van der Waals surface area contributed by atoms with Crippen molar-refractivity contribution in [1.29, 1.82) is 0 Å². The quantitative estimate of drug-likeness (QED) is 0.779. The third-order valence-corrected chi connectivity index (χ3v) is 3.68. The lowest BCUT2D eigenvalue weighted by Crippen LogP contribution is -2.13. The number of benzene rings is 1. The number of aliphatic imine (C=N–C) groups is 1. The summed E-state index contributed by atoms with van der Waals surface area (Å²) in [6.07, 6.45) is 4.88. The minimum Gasteiger partial charge on any atom is -0.493 e. The molecule has 1 aliphatic rings. The average Bonchev–Trinajstić information content (AvgIpc) is 2.50. The zero-order valence-electron chi connectivity index (χ0n) is 12.3. The van der Waals surface area contributed by atoms with Gasteiger partial charge < -0.3 is 14.6 Å². The first-order valence-electron chi connectivity index (χ1n) is 7.19. The highest BCUT2D eigenvalue weighted by molar-refractivity contribution is 6.03. The second-order valence-corrected chi connectivity index (χ2v) is 4.98. The molecule has 0 spiro atoms. The maximum atomic E-state index is 8.83. The number of nitrogens with zero attached hydrogens (tertiary/aromatic N) is 1. The van der Waals surface area contributed by atoms with Gasteiger partial charge in [-0.25, -0.2) is 0 Å². The second kappa shape index (κ2) is 7.29. The van der Waals surface area contributed by atoms with E-state index in [1.165, 1.54) is 11.1 Å². The molecule has 1 N–H and O–H groups in total. The van der Waals surface area contributed by atoms with E-state index >= 15 is 0 Å². The van der Waals surface area contributed by atoms with Crippen LogP contribution in [0.25, 0.3) is 0 Å². The number of hydrogen-bond acceptors (Lipinski definition) is 4. The van der Waals surface area contributed by atoms with Crippen molar-refractivity contribution >= 4 is 5.71 Å². The number of aliphatic hydroxyl groups is 1. The van der Waals surface area contributed by atoms with Gasteiger partial charge in [0.1, 0.15) is 0 Å². The van der Waals surface area contributed by atoms with E-state index < -0.39 is 0 Å². The Bertz CT molecular complexity index is 483. The summed E-state index contributed by atoms with van der Waals surface area (Å²) in [5.74, 6) is 1.55. The van der Waals surface area contributed by atoms with Gasteiger partial charge >= 0.3 is 0 Å². The molecule has 1 heterocycles. The lowest BCUT2D eigenvalue weighted by atomic mass is 9.94. The molecule has 0 saturated carbocycles. The number of rotatable bonds is 7. The molecule has 0 unspecified atom stereocenters. The van der Waals surface area contributed by atoms with Gasteiger partial charge in [0.25, 0.3) is 0 Å². The number of hydrogen-bond donors (Lipinski definition) is 1. The Morgan fingerprint density at radius 3 is 2.55 bits per heavy atom. The van der Waals surface area contributed by atoms with Crippen molar-refractivity contribution in [3.05, 3.63) is 23.3 Å². The number of fused-ring (bicyclic) bond motifs is 1. The Kier molecular flexibility index (Phi) is 5.41. The monoisotopic (exact) mass is 277 g/mol. The molecule has 1 aromatic carbocycles. The molecule has 0 fully saturated rings. The van der Waals surface area contributed by atoms with Gasteiger partial charge in [-0.2, -0.15) is 0 Å². The van der Waals surface area contributed by atoms with Crippen LogP contribution in [0.15, 0.2) is 17.1 Å². The maximum absolute atomic E-state index is 8.83. The molecule has 4 nitrogen and oxygen atoms in total. The molecule has 110 valence electrons. The lowest BCUT2D eigenvalue weighted by Gasteiger charge is -2.19. The fourth-order valence-corrected chi connectivity index (χ4v) is 2.59. The molecule has 0 bridgehead atoms. The Hall–Kier alpha value is -1.55. The third-order valence-electron chi connectivity index (χ3n) is 3.68. The largest absolute Gasteiger partial charge is 0.493 e. The highest BCUT2D eigenvalue weighted by Gasteiger charge is 2.17. The van der Waals surface area contributed by atoms with Crippen LogP contribution in [-0.4, -0.2) is 38.2 Å². The molecular formula is C16H23NO3. The fraction of sp³-hybridized carbons (Fsp3) is 0.562. The summed E-state index contributed by atoms with van der Waals surface area (Å²) in [5, 5.41) is 8.83. The smallest absolute Gasteiger partial charge is 0.161 e. The standard InChI is InChI=1S/C16H23NO3/c1-19-15-10-12-7-8-17-14(6-4-3-5-9-18)13(12)11-16(15)20-2/h10-11,18H,3-9H2,1-2H3. The van der Waals surface area contributed by atoms with Gasteiger partial charge in [-0.05, 0) is 43.4 Å². The van der Waals surface area contributed by atoms with E-state index in [1.807, 2.05) is 6.07 Å². The van der Waals surface area contributed by atoms with Crippen molar-refractivity contribution in [1.82, 2.24) is 0 Å². The van der Waals surface area contributed by atoms with Gasteiger partial charge in [0, 0.05) is 24.4 Å². The summed E-state index contributed by atoms with van der Waals surface area (Å²) >= 11 is 0. The van der Waals surface area contributed by atoms with E-state index in [1.54, 1.807) is 14.2 Å². The van der Waals surface area contributed by atoms with Gasteiger partial charge in [0.15, 0.2) is 11.5 Å². The highest BCUT2D eigenvalue weighted by atomic mass is 16.5. The average molecular weight is 277 g/mol. The van der Waals surface area contributed by atoms with Crippen molar-refractivity contribution < 1.29 is 14.6 Å². The van der Waals surface area contributed by atoms with E-state index in [0.717, 1.165) is 55.9 Å². The van der Waals surface area contributed by atoms with Gasteiger partial charge in [-0.1, -0.05) is 6.42 Å². The van der Waals surface area contributed by atoms with Crippen LogP contribution in [0.1, 0.15) is 36.8 Å². The SMILES string of the molecule is COc1cc2c(cc1OC)C(CCCCCO)=NCC2. The minimum atomic E-state index is 0.272. The summed E-state index contributed by atoms with van der Waals surface area (Å²) in [6.45, 7) is 1.12. The summed E-state index contributed by atoms with van der Waals surface area (Å²) in [6, 6.07) is 4.11. The normalized spacial score (nSPS) is 13.7. The van der Waals surface area contributed by atoms with E-state index in [2.05, 4.69) is 11.1 Å². The predicted molar refractivity (Wildman–Crippen MR) is 80.2 cm³/mol. The molecule has 20 heavy (non-hydrogen) atoms. The third kappa shape index (κ3) is 3.31. The summed E-state index contributed by atoms with van der Waals surface area (Å²) in [5.41, 5.74) is 3.64. The summed E-state index contributed by atoms with van der Waals surface area (Å²) in [4.78, 5) is 4.66. The van der Waals surface area contributed by atoms with Crippen LogP contribution in [0, 0.1) is 0 Å². The predicted octanol–water partition coefficient (Wildman–Crippen LogP) is 2.60. The maximum Gasteiger partial charge on any atom is 0.161 e. The first-order chi connectivity index (χ1) is 9.80. The van der Waals surface area contributed by atoms with Crippen molar-refractivity contribution in [3.63, 3.8) is 0 Å². The fourth-order valence-electron chi connectivity index (χ4n) is 2.59. The zero-order chi connectivity index (χ0) is 14.4. The van der Waals surface area contributed by atoms with Gasteiger partial charge in [0.05, 0.1) is 14.2 Å². The molecule has 0 saturated heterocycles. The van der Waals surface area contributed by atoms with Gasteiger partial charge in [-0.15, -0.1) is 0 Å². The number of unbranched alkanes of at least 4 members (excludes halogenated alkanes) is 2. The van der Waals surface area contributed by atoms with E-state index in [-0.39, 0.29) is 6.61 Å². The van der Waals surface area contributed by atoms with Crippen LogP contribution >= 0.6 is 0 Å². The molecule has 0 aromatic heterocycles. The van der Waals surface area contributed by atoms with Crippen molar-refractivity contribution in [2.24, 2.45) is 4.99 Å². The Morgan fingerprint density at radius 1 is 1.10 bits per heavy atom.